The largest absolute Gasteiger partial charge is 0.489 e. The van der Waals surface area contributed by atoms with Gasteiger partial charge in [-0.1, -0.05) is 25.4 Å². The van der Waals surface area contributed by atoms with E-state index in [9.17, 15) is 9.59 Å². The molecule has 7 heteroatoms. The van der Waals surface area contributed by atoms with Gasteiger partial charge in [-0.2, -0.15) is 0 Å². The maximum Gasteiger partial charge on any atom is 0.328 e. The van der Waals surface area contributed by atoms with E-state index in [0.29, 0.717) is 31.1 Å². The Morgan fingerprint density at radius 3 is 2.81 bits per heavy atom. The van der Waals surface area contributed by atoms with Gasteiger partial charge in [-0.3, -0.25) is 9.69 Å². The first-order valence-electron chi connectivity index (χ1n) is 8.84. The highest BCUT2D eigenvalue weighted by Gasteiger charge is 2.26. The fraction of sp³-hybridized carbons (Fsp3) is 0.579. The van der Waals surface area contributed by atoms with Crippen LogP contribution in [0.3, 0.4) is 0 Å². The fourth-order valence-corrected chi connectivity index (χ4v) is 3.20. The zero-order valence-electron chi connectivity index (χ0n) is 15.8. The molecule has 1 amide bonds. The number of carbonyl (C=O) groups excluding carboxylic acids is 2. The average Bonchev–Trinajstić information content (AvgIpc) is 2.74. The average molecular weight is 383 g/mol. The van der Waals surface area contributed by atoms with Crippen LogP contribution in [0, 0.1) is 5.92 Å². The van der Waals surface area contributed by atoms with Gasteiger partial charge >= 0.3 is 5.97 Å². The number of methoxy groups -OCH3 is 1. The van der Waals surface area contributed by atoms with E-state index in [1.54, 1.807) is 0 Å². The molecule has 1 aliphatic rings. The van der Waals surface area contributed by atoms with Crippen molar-refractivity contribution in [2.45, 2.75) is 45.9 Å². The minimum Gasteiger partial charge on any atom is -0.489 e. The summed E-state index contributed by atoms with van der Waals surface area (Å²) in [6.45, 7) is 7.69. The Labute approximate surface area is 159 Å². The van der Waals surface area contributed by atoms with Gasteiger partial charge in [0, 0.05) is 36.6 Å². The minimum atomic E-state index is -0.626. The topological polar surface area (TPSA) is 67.9 Å². The highest BCUT2D eigenvalue weighted by Crippen LogP contribution is 2.28. The number of nitrogens with one attached hydrogen (secondary N) is 1. The molecule has 0 saturated carbocycles. The number of fused-ring (bicyclic) bond motifs is 1. The summed E-state index contributed by atoms with van der Waals surface area (Å²) in [5.74, 6) is 0.207. The Bertz CT molecular complexity index is 650. The highest BCUT2D eigenvalue weighted by molar-refractivity contribution is 6.30. The molecule has 0 unspecified atom stereocenters. The van der Waals surface area contributed by atoms with Crippen LogP contribution in [0.25, 0.3) is 0 Å². The summed E-state index contributed by atoms with van der Waals surface area (Å²) in [6.07, 6.45) is 0.307. The fourth-order valence-electron chi connectivity index (χ4n) is 3.01. The second-order valence-electron chi connectivity index (χ2n) is 6.98. The Balaban J connectivity index is 1.95. The zero-order valence-corrected chi connectivity index (χ0v) is 16.5. The summed E-state index contributed by atoms with van der Waals surface area (Å²) in [4.78, 5) is 26.2. The van der Waals surface area contributed by atoms with E-state index in [2.05, 4.69) is 10.2 Å². The molecule has 0 saturated heterocycles. The minimum absolute atomic E-state index is 0.0129. The van der Waals surface area contributed by atoms with Gasteiger partial charge in [0.1, 0.15) is 17.9 Å². The number of halogens is 1. The number of hydrogen-bond acceptors (Lipinski definition) is 5. The maximum atomic E-state index is 12.3. The third-order valence-electron chi connectivity index (χ3n) is 4.35. The number of esters is 1. The van der Waals surface area contributed by atoms with E-state index >= 15 is 0 Å². The first kappa shape index (κ1) is 20.5. The van der Waals surface area contributed by atoms with E-state index in [-0.39, 0.29) is 17.9 Å². The molecule has 0 aliphatic carbocycles. The molecule has 0 radical (unpaired) electrons. The molecular formula is C19H27ClN2O4. The number of carbonyl (C=O) groups is 2. The van der Waals surface area contributed by atoms with E-state index < -0.39 is 12.0 Å². The predicted molar refractivity (Wildman–Crippen MR) is 100 cm³/mol. The summed E-state index contributed by atoms with van der Waals surface area (Å²) in [6, 6.07) is 4.97. The van der Waals surface area contributed by atoms with Crippen molar-refractivity contribution in [3.05, 3.63) is 28.8 Å². The molecule has 1 aliphatic heterocycles. The Morgan fingerprint density at radius 2 is 2.15 bits per heavy atom. The molecular weight excluding hydrogens is 356 g/mol. The summed E-state index contributed by atoms with van der Waals surface area (Å²) < 4.78 is 10.7. The van der Waals surface area contributed by atoms with Crippen molar-refractivity contribution in [3.8, 4) is 5.75 Å². The molecule has 0 spiro atoms. The highest BCUT2D eigenvalue weighted by atomic mass is 35.5. The molecule has 144 valence electrons. The quantitative estimate of drug-likeness (QED) is 0.766. The summed E-state index contributed by atoms with van der Waals surface area (Å²) in [5, 5.41) is 3.43. The lowest BCUT2D eigenvalue weighted by Gasteiger charge is -2.23. The lowest BCUT2D eigenvalue weighted by Crippen LogP contribution is -2.46. The van der Waals surface area contributed by atoms with Crippen molar-refractivity contribution < 1.29 is 19.1 Å². The van der Waals surface area contributed by atoms with Crippen molar-refractivity contribution in [3.63, 3.8) is 0 Å². The molecule has 0 aromatic heterocycles. The van der Waals surface area contributed by atoms with Gasteiger partial charge in [-0.15, -0.1) is 0 Å². The smallest absolute Gasteiger partial charge is 0.328 e. The standard InChI is InChI=1S/C19H27ClN2O4/c1-12(2)18(19(24)25-4)21-17(23)7-8-22-10-13(3)26-16-6-5-15(20)9-14(16)11-22/h5-6,9,12-13,18H,7-8,10-11H2,1-4H3,(H,21,23)/t13-,18+/m1/s1. The number of hydrogen-bond donors (Lipinski definition) is 1. The van der Waals surface area contributed by atoms with Crippen LogP contribution in [-0.4, -0.2) is 49.1 Å². The van der Waals surface area contributed by atoms with Crippen molar-refractivity contribution >= 4 is 23.5 Å². The monoisotopic (exact) mass is 382 g/mol. The van der Waals surface area contributed by atoms with Crippen LogP contribution in [0.2, 0.25) is 5.02 Å². The van der Waals surface area contributed by atoms with Crippen LogP contribution in [0.4, 0.5) is 0 Å². The third kappa shape index (κ3) is 5.61. The van der Waals surface area contributed by atoms with Gasteiger partial charge in [0.2, 0.25) is 5.91 Å². The zero-order chi connectivity index (χ0) is 19.3. The van der Waals surface area contributed by atoms with Crippen molar-refractivity contribution in [2.24, 2.45) is 5.92 Å². The number of nitrogens with zero attached hydrogens (tertiary/aromatic N) is 1. The second-order valence-corrected chi connectivity index (χ2v) is 7.41. The molecule has 6 nitrogen and oxygen atoms in total. The van der Waals surface area contributed by atoms with Crippen LogP contribution in [-0.2, 0) is 20.9 Å². The first-order valence-corrected chi connectivity index (χ1v) is 9.22. The second kappa shape index (κ2) is 9.24. The molecule has 26 heavy (non-hydrogen) atoms. The predicted octanol–water partition coefficient (Wildman–Crippen LogP) is 2.63. The molecule has 0 bridgehead atoms. The van der Waals surface area contributed by atoms with Gasteiger partial charge in [-0.25, -0.2) is 4.79 Å². The molecule has 1 N–H and O–H groups in total. The van der Waals surface area contributed by atoms with E-state index in [1.807, 2.05) is 39.0 Å². The molecule has 1 heterocycles. The van der Waals surface area contributed by atoms with Crippen LogP contribution in [0.15, 0.2) is 18.2 Å². The van der Waals surface area contributed by atoms with Crippen LogP contribution in [0.5, 0.6) is 5.75 Å². The number of ether oxygens (including phenoxy) is 2. The van der Waals surface area contributed by atoms with Gasteiger partial charge in [-0.05, 0) is 31.0 Å². The molecule has 1 aromatic rings. The third-order valence-corrected chi connectivity index (χ3v) is 4.59. The van der Waals surface area contributed by atoms with Crippen LogP contribution < -0.4 is 10.1 Å². The first-order chi connectivity index (χ1) is 12.3. The van der Waals surface area contributed by atoms with Crippen molar-refractivity contribution in [1.29, 1.82) is 0 Å². The lowest BCUT2D eigenvalue weighted by atomic mass is 10.0. The lowest BCUT2D eigenvalue weighted by molar-refractivity contribution is -0.146. The molecule has 2 atom stereocenters. The SMILES string of the molecule is COC(=O)[C@@H](NC(=O)CCN1Cc2cc(Cl)ccc2O[C@H](C)C1)C(C)C. The van der Waals surface area contributed by atoms with E-state index in [4.69, 9.17) is 21.1 Å². The van der Waals surface area contributed by atoms with Gasteiger partial charge in [0.25, 0.3) is 0 Å². The Hall–Kier alpha value is -1.79. The van der Waals surface area contributed by atoms with Crippen molar-refractivity contribution in [2.75, 3.05) is 20.2 Å². The molecule has 1 aromatic carbocycles. The summed E-state index contributed by atoms with van der Waals surface area (Å²) in [5.41, 5.74) is 1.01. The van der Waals surface area contributed by atoms with Crippen LogP contribution >= 0.6 is 11.6 Å². The van der Waals surface area contributed by atoms with E-state index in [0.717, 1.165) is 11.3 Å². The molecule has 0 fully saturated rings. The number of amides is 1. The van der Waals surface area contributed by atoms with Crippen molar-refractivity contribution in [1.82, 2.24) is 10.2 Å². The van der Waals surface area contributed by atoms with E-state index in [1.165, 1.54) is 7.11 Å². The van der Waals surface area contributed by atoms with Crippen LogP contribution in [0.1, 0.15) is 32.8 Å². The normalized spacial score (nSPS) is 18.5. The number of benzene rings is 1. The van der Waals surface area contributed by atoms with Gasteiger partial charge in [0.05, 0.1) is 7.11 Å². The summed E-state index contributed by atoms with van der Waals surface area (Å²) >= 11 is 6.09. The van der Waals surface area contributed by atoms with Gasteiger partial charge < -0.3 is 14.8 Å². The molecule has 2 rings (SSSR count). The summed E-state index contributed by atoms with van der Waals surface area (Å²) in [7, 11) is 1.32. The number of rotatable bonds is 6. The Kier molecular flexibility index (Phi) is 7.29. The Morgan fingerprint density at radius 1 is 1.42 bits per heavy atom. The van der Waals surface area contributed by atoms with Gasteiger partial charge in [0.15, 0.2) is 0 Å². The maximum absolute atomic E-state index is 12.3.